The molecule has 0 bridgehead atoms. The predicted molar refractivity (Wildman–Crippen MR) is 58.6 cm³/mol. The first-order chi connectivity index (χ1) is 7.10. The Morgan fingerprint density at radius 1 is 1.53 bits per heavy atom. The van der Waals surface area contributed by atoms with Gasteiger partial charge in [-0.25, -0.2) is 4.39 Å². The Hall–Kier alpha value is -0.840. The molecule has 4 N–H and O–H groups in total. The third kappa shape index (κ3) is 2.81. The van der Waals surface area contributed by atoms with Gasteiger partial charge in [0.25, 0.3) is 0 Å². The average molecular weight is 233 g/mol. The Kier molecular flexibility index (Phi) is 4.32. The monoisotopic (exact) mass is 232 g/mol. The Morgan fingerprint density at radius 3 is 2.67 bits per heavy atom. The molecule has 0 saturated heterocycles. The van der Waals surface area contributed by atoms with Gasteiger partial charge in [-0.3, -0.25) is 0 Å². The van der Waals surface area contributed by atoms with Crippen molar-refractivity contribution in [2.45, 2.75) is 13.0 Å². The Morgan fingerprint density at radius 2 is 2.20 bits per heavy atom. The van der Waals surface area contributed by atoms with E-state index in [1.165, 1.54) is 6.07 Å². The summed E-state index contributed by atoms with van der Waals surface area (Å²) in [6.07, 6.45) is 0. The van der Waals surface area contributed by atoms with Gasteiger partial charge in [-0.2, -0.15) is 0 Å². The molecule has 0 amide bonds. The lowest BCUT2D eigenvalue weighted by Crippen LogP contribution is -2.20. The Bertz CT molecular complexity index is 323. The minimum Gasteiger partial charge on any atom is -0.489 e. The number of rotatable bonds is 4. The maximum atomic E-state index is 13.5. The molecule has 0 aliphatic heterocycles. The van der Waals surface area contributed by atoms with Crippen molar-refractivity contribution in [3.63, 3.8) is 0 Å². The van der Waals surface area contributed by atoms with E-state index in [0.29, 0.717) is 12.2 Å². The minimum absolute atomic E-state index is 0.0622. The molecule has 1 atom stereocenters. The van der Waals surface area contributed by atoms with Crippen molar-refractivity contribution in [3.05, 3.63) is 28.5 Å². The van der Waals surface area contributed by atoms with Crippen molar-refractivity contribution in [1.29, 1.82) is 0 Å². The topological polar surface area (TPSA) is 61.3 Å². The minimum atomic E-state index is -0.511. The molecule has 1 aromatic rings. The van der Waals surface area contributed by atoms with Crippen LogP contribution in [0.1, 0.15) is 18.5 Å². The molecule has 0 aliphatic carbocycles. The largest absolute Gasteiger partial charge is 0.489 e. The number of hydrogen-bond acceptors (Lipinski definition) is 3. The predicted octanol–water partition coefficient (Wildman–Crippen LogP) is 1.84. The molecule has 15 heavy (non-hydrogen) atoms. The van der Waals surface area contributed by atoms with Crippen molar-refractivity contribution in [1.82, 2.24) is 0 Å². The molecule has 0 heterocycles. The van der Waals surface area contributed by atoms with Crippen molar-refractivity contribution < 1.29 is 9.13 Å². The highest BCUT2D eigenvalue weighted by Gasteiger charge is 2.13. The second-order valence-corrected chi connectivity index (χ2v) is 3.50. The highest BCUT2D eigenvalue weighted by molar-refractivity contribution is 6.32. The average Bonchev–Trinajstić information content (AvgIpc) is 2.22. The van der Waals surface area contributed by atoms with Crippen LogP contribution in [-0.4, -0.2) is 13.2 Å². The number of halogens is 2. The molecule has 0 fully saturated rings. The molecule has 84 valence electrons. The van der Waals surface area contributed by atoms with E-state index in [2.05, 4.69) is 0 Å². The third-order valence-electron chi connectivity index (χ3n) is 1.99. The van der Waals surface area contributed by atoms with E-state index in [0.717, 1.165) is 0 Å². The fourth-order valence-corrected chi connectivity index (χ4v) is 1.48. The van der Waals surface area contributed by atoms with Crippen molar-refractivity contribution in [2.75, 3.05) is 13.2 Å². The normalized spacial score (nSPS) is 12.6. The van der Waals surface area contributed by atoms with Gasteiger partial charge in [0.1, 0.15) is 0 Å². The second kappa shape index (κ2) is 5.30. The van der Waals surface area contributed by atoms with Gasteiger partial charge in [0, 0.05) is 12.6 Å². The summed E-state index contributed by atoms with van der Waals surface area (Å²) < 4.78 is 18.5. The van der Waals surface area contributed by atoms with Crippen LogP contribution >= 0.6 is 11.6 Å². The van der Waals surface area contributed by atoms with Crippen LogP contribution in [0.15, 0.2) is 12.1 Å². The van der Waals surface area contributed by atoms with Gasteiger partial charge >= 0.3 is 0 Å². The number of hydrogen-bond donors (Lipinski definition) is 2. The molecule has 1 rings (SSSR count). The van der Waals surface area contributed by atoms with Gasteiger partial charge in [-0.15, -0.1) is 0 Å². The summed E-state index contributed by atoms with van der Waals surface area (Å²) in [5, 5.41) is 0.218. The second-order valence-electron chi connectivity index (χ2n) is 3.09. The fourth-order valence-electron chi connectivity index (χ4n) is 1.21. The molecule has 0 spiro atoms. The van der Waals surface area contributed by atoms with Crippen LogP contribution in [0.4, 0.5) is 4.39 Å². The zero-order chi connectivity index (χ0) is 11.4. The SMILES string of the molecule is CCOc1c(F)cc(C(N)CN)cc1Cl. The van der Waals surface area contributed by atoms with Gasteiger partial charge in [-0.05, 0) is 24.6 Å². The van der Waals surface area contributed by atoms with Crippen LogP contribution in [0.25, 0.3) is 0 Å². The van der Waals surface area contributed by atoms with E-state index in [4.69, 9.17) is 27.8 Å². The van der Waals surface area contributed by atoms with Gasteiger partial charge in [0.05, 0.1) is 11.6 Å². The Balaban J connectivity index is 3.07. The van der Waals surface area contributed by atoms with E-state index in [1.807, 2.05) is 0 Å². The molecular weight excluding hydrogens is 219 g/mol. The van der Waals surface area contributed by atoms with Gasteiger partial charge in [-0.1, -0.05) is 11.6 Å². The van der Waals surface area contributed by atoms with Crippen LogP contribution in [0.2, 0.25) is 5.02 Å². The number of nitrogens with two attached hydrogens (primary N) is 2. The van der Waals surface area contributed by atoms with Crippen molar-refractivity contribution in [3.8, 4) is 5.75 Å². The summed E-state index contributed by atoms with van der Waals surface area (Å²) in [5.74, 6) is -0.449. The van der Waals surface area contributed by atoms with Gasteiger partial charge in [0.2, 0.25) is 0 Å². The summed E-state index contributed by atoms with van der Waals surface area (Å²) in [6.45, 7) is 2.36. The van der Waals surface area contributed by atoms with Gasteiger partial charge in [0.15, 0.2) is 11.6 Å². The van der Waals surface area contributed by atoms with Crippen LogP contribution in [-0.2, 0) is 0 Å². The molecule has 5 heteroatoms. The smallest absolute Gasteiger partial charge is 0.173 e. The standard InChI is InChI=1S/C10H14ClFN2O/c1-2-15-10-7(11)3-6(4-8(10)12)9(14)5-13/h3-4,9H,2,5,13-14H2,1H3. The summed E-state index contributed by atoms with van der Waals surface area (Å²) in [7, 11) is 0. The Labute approximate surface area is 93.2 Å². The van der Waals surface area contributed by atoms with Crippen LogP contribution in [0, 0.1) is 5.82 Å². The maximum Gasteiger partial charge on any atom is 0.173 e. The van der Waals surface area contributed by atoms with Crippen molar-refractivity contribution in [2.24, 2.45) is 11.5 Å². The molecule has 1 unspecified atom stereocenters. The molecule has 0 saturated carbocycles. The van der Waals surface area contributed by atoms with Crippen LogP contribution in [0.3, 0.4) is 0 Å². The van der Waals surface area contributed by atoms with Crippen LogP contribution in [0.5, 0.6) is 5.75 Å². The number of ether oxygens (including phenoxy) is 1. The first-order valence-electron chi connectivity index (χ1n) is 4.67. The fraction of sp³-hybridized carbons (Fsp3) is 0.400. The molecule has 0 radical (unpaired) electrons. The summed E-state index contributed by atoms with van der Waals surface area (Å²) in [5.41, 5.74) is 11.6. The van der Waals surface area contributed by atoms with E-state index < -0.39 is 11.9 Å². The summed E-state index contributed by atoms with van der Waals surface area (Å²) in [4.78, 5) is 0. The lowest BCUT2D eigenvalue weighted by molar-refractivity contribution is 0.321. The van der Waals surface area contributed by atoms with E-state index >= 15 is 0 Å². The lowest BCUT2D eigenvalue weighted by atomic mass is 10.1. The molecule has 0 aliphatic rings. The van der Waals surface area contributed by atoms with E-state index in [1.54, 1.807) is 13.0 Å². The zero-order valence-corrected chi connectivity index (χ0v) is 9.22. The summed E-state index contributed by atoms with van der Waals surface area (Å²) in [6, 6.07) is 2.47. The highest BCUT2D eigenvalue weighted by Crippen LogP contribution is 2.30. The lowest BCUT2D eigenvalue weighted by Gasteiger charge is -2.13. The van der Waals surface area contributed by atoms with Gasteiger partial charge < -0.3 is 16.2 Å². The summed E-state index contributed by atoms with van der Waals surface area (Å²) >= 11 is 5.85. The zero-order valence-electron chi connectivity index (χ0n) is 8.47. The molecule has 0 aromatic heterocycles. The molecule has 3 nitrogen and oxygen atoms in total. The number of benzene rings is 1. The maximum absolute atomic E-state index is 13.5. The third-order valence-corrected chi connectivity index (χ3v) is 2.27. The van der Waals surface area contributed by atoms with Crippen molar-refractivity contribution >= 4 is 11.6 Å². The molecule has 1 aromatic carbocycles. The van der Waals surface area contributed by atoms with E-state index in [-0.39, 0.29) is 17.3 Å². The first kappa shape index (κ1) is 12.2. The van der Waals surface area contributed by atoms with Crippen LogP contribution < -0.4 is 16.2 Å². The first-order valence-corrected chi connectivity index (χ1v) is 5.05. The quantitative estimate of drug-likeness (QED) is 0.833. The highest BCUT2D eigenvalue weighted by atomic mass is 35.5. The molecular formula is C10H14ClFN2O. The van der Waals surface area contributed by atoms with E-state index in [9.17, 15) is 4.39 Å².